The average Bonchev–Trinajstić information content (AvgIpc) is 2.85. The third kappa shape index (κ3) is 3.41. The van der Waals surface area contributed by atoms with Crippen molar-refractivity contribution in [2.45, 2.75) is 40.0 Å². The minimum Gasteiger partial charge on any atom is -0.487 e. The first-order chi connectivity index (χ1) is 9.65. The molecule has 0 spiro atoms. The summed E-state index contributed by atoms with van der Waals surface area (Å²) in [4.78, 5) is 4.16. The van der Waals surface area contributed by atoms with Gasteiger partial charge in [0, 0.05) is 16.6 Å². The van der Waals surface area contributed by atoms with E-state index in [1.54, 1.807) is 0 Å². The van der Waals surface area contributed by atoms with Crippen LogP contribution in [0.4, 0.5) is 0 Å². The molecule has 0 aliphatic heterocycles. The predicted molar refractivity (Wildman–Crippen MR) is 81.7 cm³/mol. The highest BCUT2D eigenvalue weighted by molar-refractivity contribution is 9.10. The van der Waals surface area contributed by atoms with Gasteiger partial charge in [0.15, 0.2) is 0 Å². The first-order valence-electron chi connectivity index (χ1n) is 6.67. The van der Waals surface area contributed by atoms with Gasteiger partial charge in [-0.2, -0.15) is 0 Å². The lowest BCUT2D eigenvalue weighted by atomic mass is 10.1. The monoisotopic (exact) mass is 338 g/mol. The van der Waals surface area contributed by atoms with E-state index in [1.165, 1.54) is 0 Å². The lowest BCUT2D eigenvalue weighted by Gasteiger charge is -2.14. The Bertz CT molecular complexity index is 581. The van der Waals surface area contributed by atoms with Crippen molar-refractivity contribution in [1.29, 1.82) is 0 Å². The largest absolute Gasteiger partial charge is 0.487 e. The Hall–Kier alpha value is -1.33. The number of benzene rings is 1. The van der Waals surface area contributed by atoms with Crippen molar-refractivity contribution in [1.82, 2.24) is 9.55 Å². The van der Waals surface area contributed by atoms with Gasteiger partial charge < -0.3 is 14.4 Å². The molecule has 0 aliphatic rings. The van der Waals surface area contributed by atoms with Gasteiger partial charge in [0.25, 0.3) is 0 Å². The molecule has 1 aromatic heterocycles. The van der Waals surface area contributed by atoms with Crippen LogP contribution in [0.1, 0.15) is 30.2 Å². The lowest BCUT2D eigenvalue weighted by Crippen LogP contribution is -2.07. The molecule has 1 heterocycles. The number of aryl methyl sites for hydroxylation is 2. The van der Waals surface area contributed by atoms with Gasteiger partial charge in [-0.3, -0.25) is 0 Å². The number of ether oxygens (including phenoxy) is 1. The number of aliphatic hydroxyl groups is 1. The first-order valence-corrected chi connectivity index (χ1v) is 7.46. The summed E-state index contributed by atoms with van der Waals surface area (Å²) in [5.74, 6) is 0.750. The van der Waals surface area contributed by atoms with Crippen molar-refractivity contribution in [2.75, 3.05) is 0 Å². The van der Waals surface area contributed by atoms with E-state index in [1.807, 2.05) is 31.6 Å². The summed E-state index contributed by atoms with van der Waals surface area (Å²) >= 11 is 3.43. The SMILES string of the molecule is CCCn1cncc1COc1c(C)cc(Br)cc1CO. The Morgan fingerprint density at radius 3 is 2.90 bits per heavy atom. The van der Waals surface area contributed by atoms with Crippen LogP contribution in [0.15, 0.2) is 29.1 Å². The Kier molecular flexibility index (Phi) is 5.20. The number of rotatable bonds is 6. The molecule has 2 aromatic rings. The molecule has 0 fully saturated rings. The van der Waals surface area contributed by atoms with Gasteiger partial charge in [-0.05, 0) is 31.0 Å². The fraction of sp³-hybridized carbons (Fsp3) is 0.400. The van der Waals surface area contributed by atoms with Gasteiger partial charge in [0.1, 0.15) is 12.4 Å². The molecule has 4 nitrogen and oxygen atoms in total. The molecule has 0 amide bonds. The minimum absolute atomic E-state index is 0.0379. The smallest absolute Gasteiger partial charge is 0.130 e. The standard InChI is InChI=1S/C15H19BrN2O2/c1-3-4-18-10-17-7-14(18)9-20-15-11(2)5-13(16)6-12(15)8-19/h5-7,10,19H,3-4,8-9H2,1-2H3. The van der Waals surface area contributed by atoms with Crippen LogP contribution in [-0.4, -0.2) is 14.7 Å². The zero-order chi connectivity index (χ0) is 14.5. The van der Waals surface area contributed by atoms with E-state index >= 15 is 0 Å². The second-order valence-corrected chi connectivity index (χ2v) is 5.65. The summed E-state index contributed by atoms with van der Waals surface area (Å²) in [6.45, 7) is 5.46. The van der Waals surface area contributed by atoms with E-state index in [-0.39, 0.29) is 6.61 Å². The van der Waals surface area contributed by atoms with Crippen molar-refractivity contribution >= 4 is 15.9 Å². The van der Waals surface area contributed by atoms with E-state index in [2.05, 4.69) is 32.4 Å². The van der Waals surface area contributed by atoms with Crippen molar-refractivity contribution in [3.05, 3.63) is 46.0 Å². The van der Waals surface area contributed by atoms with E-state index in [0.29, 0.717) is 6.61 Å². The molecule has 0 aliphatic carbocycles. The normalized spacial score (nSPS) is 10.8. The van der Waals surface area contributed by atoms with E-state index in [4.69, 9.17) is 4.74 Å². The number of imidazole rings is 1. The molecule has 20 heavy (non-hydrogen) atoms. The quantitative estimate of drug-likeness (QED) is 0.877. The van der Waals surface area contributed by atoms with E-state index in [9.17, 15) is 5.11 Å². The maximum absolute atomic E-state index is 9.44. The van der Waals surface area contributed by atoms with Gasteiger partial charge in [0.2, 0.25) is 0 Å². The lowest BCUT2D eigenvalue weighted by molar-refractivity contribution is 0.254. The van der Waals surface area contributed by atoms with Crippen LogP contribution in [0, 0.1) is 6.92 Å². The molecule has 108 valence electrons. The molecule has 0 unspecified atom stereocenters. The molecule has 1 N–H and O–H groups in total. The molecule has 2 rings (SSSR count). The van der Waals surface area contributed by atoms with Crippen LogP contribution in [0.5, 0.6) is 5.75 Å². The summed E-state index contributed by atoms with van der Waals surface area (Å²) in [6.07, 6.45) is 4.70. The van der Waals surface area contributed by atoms with Crippen LogP contribution in [-0.2, 0) is 19.8 Å². The third-order valence-electron chi connectivity index (χ3n) is 3.11. The highest BCUT2D eigenvalue weighted by Crippen LogP contribution is 2.28. The Morgan fingerprint density at radius 1 is 1.40 bits per heavy atom. The molecule has 0 radical (unpaired) electrons. The first kappa shape index (κ1) is 15.1. The van der Waals surface area contributed by atoms with Crippen molar-refractivity contribution in [3.63, 3.8) is 0 Å². The van der Waals surface area contributed by atoms with Crippen molar-refractivity contribution < 1.29 is 9.84 Å². The van der Waals surface area contributed by atoms with Crippen LogP contribution < -0.4 is 4.74 Å². The van der Waals surface area contributed by atoms with Gasteiger partial charge in [-0.1, -0.05) is 22.9 Å². The molecular weight excluding hydrogens is 320 g/mol. The van der Waals surface area contributed by atoms with Gasteiger partial charge in [-0.15, -0.1) is 0 Å². The molecule has 0 bridgehead atoms. The fourth-order valence-electron chi connectivity index (χ4n) is 2.18. The highest BCUT2D eigenvalue weighted by Gasteiger charge is 2.10. The second kappa shape index (κ2) is 6.90. The third-order valence-corrected chi connectivity index (χ3v) is 3.57. The fourth-order valence-corrected chi connectivity index (χ4v) is 2.80. The Labute approximate surface area is 127 Å². The molecule has 1 aromatic carbocycles. The number of aliphatic hydroxyl groups excluding tert-OH is 1. The maximum Gasteiger partial charge on any atom is 0.130 e. The van der Waals surface area contributed by atoms with Gasteiger partial charge >= 0.3 is 0 Å². The van der Waals surface area contributed by atoms with Crippen LogP contribution in [0.3, 0.4) is 0 Å². The summed E-state index contributed by atoms with van der Waals surface area (Å²) in [5.41, 5.74) is 2.83. The van der Waals surface area contributed by atoms with Crippen LogP contribution in [0.2, 0.25) is 0 Å². The van der Waals surface area contributed by atoms with Gasteiger partial charge in [-0.25, -0.2) is 4.98 Å². The average molecular weight is 339 g/mol. The minimum atomic E-state index is -0.0379. The summed E-state index contributed by atoms with van der Waals surface area (Å²) in [5, 5.41) is 9.44. The second-order valence-electron chi connectivity index (χ2n) is 4.74. The number of nitrogens with zero attached hydrogens (tertiary/aromatic N) is 2. The number of aromatic nitrogens is 2. The van der Waals surface area contributed by atoms with E-state index < -0.39 is 0 Å². The predicted octanol–water partition coefficient (Wildman–Crippen LogP) is 3.44. The van der Waals surface area contributed by atoms with Crippen molar-refractivity contribution in [2.24, 2.45) is 0 Å². The summed E-state index contributed by atoms with van der Waals surface area (Å²) in [6, 6.07) is 3.86. The molecular formula is C15H19BrN2O2. The zero-order valence-corrected chi connectivity index (χ0v) is 13.4. The van der Waals surface area contributed by atoms with Gasteiger partial charge in [0.05, 0.1) is 24.8 Å². The molecule has 0 saturated carbocycles. The van der Waals surface area contributed by atoms with Crippen LogP contribution >= 0.6 is 15.9 Å². The number of halogens is 1. The topological polar surface area (TPSA) is 47.3 Å². The number of hydrogen-bond donors (Lipinski definition) is 1. The Balaban J connectivity index is 2.16. The van der Waals surface area contributed by atoms with Crippen molar-refractivity contribution in [3.8, 4) is 5.75 Å². The van der Waals surface area contributed by atoms with E-state index in [0.717, 1.165) is 40.0 Å². The van der Waals surface area contributed by atoms with Crippen LogP contribution in [0.25, 0.3) is 0 Å². The Morgan fingerprint density at radius 2 is 2.20 bits per heavy atom. The maximum atomic E-state index is 9.44. The molecule has 0 atom stereocenters. The zero-order valence-electron chi connectivity index (χ0n) is 11.8. The number of hydrogen-bond acceptors (Lipinski definition) is 3. The molecule has 0 saturated heterocycles. The summed E-state index contributed by atoms with van der Waals surface area (Å²) < 4.78 is 8.94. The molecule has 5 heteroatoms. The summed E-state index contributed by atoms with van der Waals surface area (Å²) in [7, 11) is 0. The highest BCUT2D eigenvalue weighted by atomic mass is 79.9.